The molecule has 2 aliphatic heterocycles. The third-order valence-corrected chi connectivity index (χ3v) is 3.59. The van der Waals surface area contributed by atoms with Crippen LogP contribution in [0.4, 0.5) is 0 Å². The monoisotopic (exact) mass is 247 g/mol. The van der Waals surface area contributed by atoms with Crippen LogP contribution in [-0.4, -0.2) is 42.2 Å². The fourth-order valence-corrected chi connectivity index (χ4v) is 2.66. The lowest BCUT2D eigenvalue weighted by molar-refractivity contribution is -0.142. The molecule has 2 saturated heterocycles. The highest BCUT2D eigenvalue weighted by Crippen LogP contribution is 2.28. The van der Waals surface area contributed by atoms with Gasteiger partial charge in [-0.2, -0.15) is 0 Å². The van der Waals surface area contributed by atoms with Crippen LogP contribution in [0.3, 0.4) is 0 Å². The molecule has 0 aromatic heterocycles. The average Bonchev–Trinajstić information content (AvgIpc) is 3.01. The van der Waals surface area contributed by atoms with E-state index >= 15 is 0 Å². The smallest absolute Gasteiger partial charge is 0.263 e. The van der Waals surface area contributed by atoms with Crippen molar-refractivity contribution in [1.82, 2.24) is 4.90 Å². The lowest BCUT2D eigenvalue weighted by atomic mass is 10.2. The molecule has 2 bridgehead atoms. The van der Waals surface area contributed by atoms with Crippen molar-refractivity contribution in [3.63, 3.8) is 0 Å². The quantitative estimate of drug-likeness (QED) is 0.811. The number of rotatable bonds is 3. The second-order valence-electron chi connectivity index (χ2n) is 4.91. The molecule has 2 heterocycles. The highest BCUT2D eigenvalue weighted by atomic mass is 16.5. The van der Waals surface area contributed by atoms with Crippen molar-refractivity contribution in [3.05, 3.63) is 30.3 Å². The van der Waals surface area contributed by atoms with Gasteiger partial charge in [0.2, 0.25) is 0 Å². The second kappa shape index (κ2) is 4.61. The van der Waals surface area contributed by atoms with Gasteiger partial charge in [-0.15, -0.1) is 0 Å². The van der Waals surface area contributed by atoms with Crippen LogP contribution in [0.1, 0.15) is 13.3 Å². The summed E-state index contributed by atoms with van der Waals surface area (Å²) in [5.41, 5.74) is 0. The Morgan fingerprint density at radius 3 is 2.83 bits per heavy atom. The first-order chi connectivity index (χ1) is 8.74. The number of carbonyl (C=O) groups excluding carboxylic acids is 1. The molecule has 0 unspecified atom stereocenters. The van der Waals surface area contributed by atoms with Gasteiger partial charge in [-0.25, -0.2) is 0 Å². The topological polar surface area (TPSA) is 38.8 Å². The first-order valence-electron chi connectivity index (χ1n) is 6.38. The summed E-state index contributed by atoms with van der Waals surface area (Å²) in [4.78, 5) is 14.2. The summed E-state index contributed by atoms with van der Waals surface area (Å²) in [6.45, 7) is 3.20. The van der Waals surface area contributed by atoms with Gasteiger partial charge in [0.25, 0.3) is 5.91 Å². The molecule has 2 aliphatic rings. The van der Waals surface area contributed by atoms with E-state index in [-0.39, 0.29) is 18.1 Å². The molecule has 0 saturated carbocycles. The van der Waals surface area contributed by atoms with Crippen molar-refractivity contribution in [2.75, 3.05) is 13.2 Å². The Morgan fingerprint density at radius 2 is 2.22 bits per heavy atom. The predicted octanol–water partition coefficient (Wildman–Crippen LogP) is 1.45. The fourth-order valence-electron chi connectivity index (χ4n) is 2.66. The number of nitrogens with zero attached hydrogens (tertiary/aromatic N) is 1. The normalized spacial score (nSPS) is 27.3. The third kappa shape index (κ3) is 2.08. The minimum absolute atomic E-state index is 0.0645. The summed E-state index contributed by atoms with van der Waals surface area (Å²) in [6, 6.07) is 9.71. The highest BCUT2D eigenvalue weighted by molar-refractivity contribution is 5.81. The van der Waals surface area contributed by atoms with E-state index in [0.29, 0.717) is 13.2 Å². The van der Waals surface area contributed by atoms with E-state index < -0.39 is 6.10 Å². The molecule has 2 fully saturated rings. The number of likely N-dealkylation sites (tertiary alicyclic amines) is 1. The molecule has 0 aliphatic carbocycles. The molecule has 0 radical (unpaired) electrons. The molecular weight excluding hydrogens is 230 g/mol. The van der Waals surface area contributed by atoms with Crippen molar-refractivity contribution in [2.45, 2.75) is 31.6 Å². The first-order valence-corrected chi connectivity index (χ1v) is 6.38. The molecule has 3 atom stereocenters. The number of morpholine rings is 1. The van der Waals surface area contributed by atoms with Crippen LogP contribution in [0.2, 0.25) is 0 Å². The van der Waals surface area contributed by atoms with Crippen molar-refractivity contribution in [3.8, 4) is 5.75 Å². The molecule has 1 aromatic rings. The summed E-state index contributed by atoms with van der Waals surface area (Å²) in [5, 5.41) is 0. The Hall–Kier alpha value is -1.55. The van der Waals surface area contributed by atoms with E-state index in [1.54, 1.807) is 0 Å². The Balaban J connectivity index is 1.62. The van der Waals surface area contributed by atoms with Crippen LogP contribution >= 0.6 is 0 Å². The summed E-state index contributed by atoms with van der Waals surface area (Å²) in [7, 11) is 0. The lowest BCUT2D eigenvalue weighted by Gasteiger charge is -2.29. The first kappa shape index (κ1) is 11.5. The maximum atomic E-state index is 12.3. The molecule has 4 nitrogen and oxygen atoms in total. The van der Waals surface area contributed by atoms with Gasteiger partial charge in [0.15, 0.2) is 6.10 Å². The van der Waals surface area contributed by atoms with E-state index in [1.165, 1.54) is 0 Å². The Morgan fingerprint density at radius 1 is 1.44 bits per heavy atom. The maximum Gasteiger partial charge on any atom is 0.263 e. The van der Waals surface area contributed by atoms with Crippen molar-refractivity contribution < 1.29 is 14.3 Å². The number of ether oxygens (including phenoxy) is 2. The summed E-state index contributed by atoms with van der Waals surface area (Å²) >= 11 is 0. The SMILES string of the molecule is C[C@@H](Oc1ccccc1)C(=O)N1C[C@H]2C[C@H]1CO2. The standard InChI is InChI=1S/C14H17NO3/c1-10(18-12-5-3-2-4-6-12)14(16)15-8-13-7-11(15)9-17-13/h2-6,10-11,13H,7-9H2,1H3/t10-,11+,13-/m1/s1. The van der Waals surface area contributed by atoms with E-state index in [2.05, 4.69) is 0 Å². The second-order valence-corrected chi connectivity index (χ2v) is 4.91. The van der Waals surface area contributed by atoms with Crippen LogP contribution < -0.4 is 4.74 Å². The van der Waals surface area contributed by atoms with Gasteiger partial charge in [-0.3, -0.25) is 4.79 Å². The van der Waals surface area contributed by atoms with Crippen LogP contribution in [0.5, 0.6) is 5.75 Å². The Bertz CT molecular complexity index is 434. The number of hydrogen-bond acceptors (Lipinski definition) is 3. The number of hydrogen-bond donors (Lipinski definition) is 0. The lowest BCUT2D eigenvalue weighted by Crippen LogP contribution is -2.47. The maximum absolute atomic E-state index is 12.3. The Labute approximate surface area is 106 Å². The number of amides is 1. The molecular formula is C14H17NO3. The number of carbonyl (C=O) groups is 1. The average molecular weight is 247 g/mol. The molecule has 96 valence electrons. The zero-order chi connectivity index (χ0) is 12.5. The predicted molar refractivity (Wildman–Crippen MR) is 66.4 cm³/mol. The van der Waals surface area contributed by atoms with E-state index in [1.807, 2.05) is 42.2 Å². The molecule has 3 rings (SSSR count). The number of fused-ring (bicyclic) bond motifs is 2. The summed E-state index contributed by atoms with van der Waals surface area (Å²) < 4.78 is 11.2. The van der Waals surface area contributed by atoms with Gasteiger partial charge in [-0.05, 0) is 25.5 Å². The van der Waals surface area contributed by atoms with Gasteiger partial charge >= 0.3 is 0 Å². The van der Waals surface area contributed by atoms with Crippen LogP contribution in [-0.2, 0) is 9.53 Å². The molecule has 4 heteroatoms. The fraction of sp³-hybridized carbons (Fsp3) is 0.500. The van der Waals surface area contributed by atoms with Crippen LogP contribution in [0.15, 0.2) is 30.3 Å². The molecule has 0 N–H and O–H groups in total. The van der Waals surface area contributed by atoms with Crippen molar-refractivity contribution in [2.24, 2.45) is 0 Å². The third-order valence-electron chi connectivity index (χ3n) is 3.59. The summed E-state index contributed by atoms with van der Waals surface area (Å²) in [5.74, 6) is 0.800. The highest BCUT2D eigenvalue weighted by Gasteiger charge is 2.42. The molecule has 1 amide bonds. The molecule has 1 aromatic carbocycles. The van der Waals surface area contributed by atoms with Gasteiger partial charge < -0.3 is 14.4 Å². The van der Waals surface area contributed by atoms with E-state index in [9.17, 15) is 4.79 Å². The van der Waals surface area contributed by atoms with Gasteiger partial charge in [-0.1, -0.05) is 18.2 Å². The summed E-state index contributed by atoms with van der Waals surface area (Å²) in [6.07, 6.45) is 0.777. The van der Waals surface area contributed by atoms with Gasteiger partial charge in [0, 0.05) is 6.54 Å². The van der Waals surface area contributed by atoms with Gasteiger partial charge in [0.1, 0.15) is 5.75 Å². The van der Waals surface area contributed by atoms with Crippen LogP contribution in [0.25, 0.3) is 0 Å². The molecule has 18 heavy (non-hydrogen) atoms. The van der Waals surface area contributed by atoms with E-state index in [0.717, 1.165) is 12.2 Å². The van der Waals surface area contributed by atoms with Crippen LogP contribution in [0, 0.1) is 0 Å². The number of benzene rings is 1. The van der Waals surface area contributed by atoms with E-state index in [4.69, 9.17) is 9.47 Å². The zero-order valence-corrected chi connectivity index (χ0v) is 10.4. The Kier molecular flexibility index (Phi) is 2.96. The largest absolute Gasteiger partial charge is 0.481 e. The number of para-hydroxylation sites is 1. The minimum Gasteiger partial charge on any atom is -0.481 e. The minimum atomic E-state index is -0.438. The van der Waals surface area contributed by atoms with Gasteiger partial charge in [0.05, 0.1) is 18.8 Å². The molecule has 0 spiro atoms. The van der Waals surface area contributed by atoms with Crippen molar-refractivity contribution >= 4 is 5.91 Å². The zero-order valence-electron chi connectivity index (χ0n) is 10.4. The van der Waals surface area contributed by atoms with Crippen molar-refractivity contribution in [1.29, 1.82) is 0 Å².